The van der Waals surface area contributed by atoms with Crippen LogP contribution in [-0.2, 0) is 9.53 Å². The molecule has 0 radical (unpaired) electrons. The third-order valence-corrected chi connectivity index (χ3v) is 2.03. The molecule has 0 amide bonds. The molecule has 76 valence electrons. The number of allylic oxidation sites excluding steroid dienone is 1. The van der Waals surface area contributed by atoms with Gasteiger partial charge in [0.2, 0.25) is 0 Å². The maximum atomic E-state index is 10.8. The molecule has 1 aliphatic rings. The molecule has 0 bridgehead atoms. The van der Waals surface area contributed by atoms with Crippen molar-refractivity contribution in [2.24, 2.45) is 0 Å². The summed E-state index contributed by atoms with van der Waals surface area (Å²) in [6.45, 7) is 0. The van der Waals surface area contributed by atoms with E-state index in [1.165, 1.54) is 6.08 Å². The van der Waals surface area contributed by atoms with Crippen molar-refractivity contribution >= 4 is 12.0 Å². The van der Waals surface area contributed by atoms with E-state index in [1.807, 2.05) is 24.3 Å². The minimum atomic E-state index is -0.324. The van der Waals surface area contributed by atoms with E-state index in [2.05, 4.69) is 0 Å². The molecule has 1 heterocycles. The number of rotatable bonds is 2. The number of ether oxygens (including phenoxy) is 2. The van der Waals surface area contributed by atoms with Crippen LogP contribution in [0.3, 0.4) is 0 Å². The quantitative estimate of drug-likeness (QED) is 0.689. The van der Waals surface area contributed by atoms with Crippen LogP contribution in [0.5, 0.6) is 5.75 Å². The van der Waals surface area contributed by atoms with Gasteiger partial charge in [0.25, 0.3) is 0 Å². The molecule has 0 aliphatic carbocycles. The number of hydrogen-bond donors (Lipinski definition) is 0. The topological polar surface area (TPSA) is 35.5 Å². The summed E-state index contributed by atoms with van der Waals surface area (Å²) in [6.07, 6.45) is 4.84. The van der Waals surface area contributed by atoms with Gasteiger partial charge in [-0.3, -0.25) is 0 Å². The number of esters is 1. The molecule has 15 heavy (non-hydrogen) atoms. The fourth-order valence-electron chi connectivity index (χ4n) is 1.28. The summed E-state index contributed by atoms with van der Waals surface area (Å²) in [5, 5.41) is 0. The second-order valence-electron chi connectivity index (χ2n) is 3.07. The number of cyclic esters (lactones) is 1. The summed E-state index contributed by atoms with van der Waals surface area (Å²) in [4.78, 5) is 10.8. The van der Waals surface area contributed by atoms with E-state index in [-0.39, 0.29) is 5.97 Å². The lowest BCUT2D eigenvalue weighted by molar-refractivity contribution is -0.132. The van der Waals surface area contributed by atoms with Crippen molar-refractivity contribution in [1.82, 2.24) is 0 Å². The summed E-state index contributed by atoms with van der Waals surface area (Å²) < 4.78 is 9.94. The largest absolute Gasteiger partial charge is 0.497 e. The van der Waals surface area contributed by atoms with Gasteiger partial charge >= 0.3 is 5.97 Å². The highest BCUT2D eigenvalue weighted by Crippen LogP contribution is 2.17. The van der Waals surface area contributed by atoms with Crippen molar-refractivity contribution in [2.45, 2.75) is 0 Å². The monoisotopic (exact) mass is 202 g/mol. The fourth-order valence-corrected chi connectivity index (χ4v) is 1.28. The van der Waals surface area contributed by atoms with Gasteiger partial charge in [-0.15, -0.1) is 0 Å². The Kier molecular flexibility index (Phi) is 2.54. The van der Waals surface area contributed by atoms with Gasteiger partial charge < -0.3 is 9.47 Å². The SMILES string of the molecule is COc1ccc(/C=C2\C=CC(=O)O2)cc1. The molecule has 0 unspecified atom stereocenters. The van der Waals surface area contributed by atoms with Crippen LogP contribution in [0, 0.1) is 0 Å². The standard InChI is InChI=1S/C12H10O3/c1-14-10-4-2-9(3-5-10)8-11-6-7-12(13)15-11/h2-8H,1H3/b11-8+. The van der Waals surface area contributed by atoms with E-state index < -0.39 is 0 Å². The van der Waals surface area contributed by atoms with Crippen LogP contribution in [0.1, 0.15) is 5.56 Å². The highest BCUT2D eigenvalue weighted by atomic mass is 16.5. The normalized spacial score (nSPS) is 16.9. The van der Waals surface area contributed by atoms with Crippen molar-refractivity contribution in [1.29, 1.82) is 0 Å². The van der Waals surface area contributed by atoms with Gasteiger partial charge in [-0.25, -0.2) is 4.79 Å². The van der Waals surface area contributed by atoms with Gasteiger partial charge in [-0.2, -0.15) is 0 Å². The van der Waals surface area contributed by atoms with Crippen LogP contribution in [-0.4, -0.2) is 13.1 Å². The molecule has 3 heteroatoms. The Bertz CT molecular complexity index is 427. The van der Waals surface area contributed by atoms with Gasteiger partial charge in [0.15, 0.2) is 0 Å². The number of methoxy groups -OCH3 is 1. The lowest BCUT2D eigenvalue weighted by Crippen LogP contribution is -1.90. The average Bonchev–Trinajstić information content (AvgIpc) is 2.65. The smallest absolute Gasteiger partial charge is 0.336 e. The third-order valence-electron chi connectivity index (χ3n) is 2.03. The van der Waals surface area contributed by atoms with Crippen LogP contribution in [0.4, 0.5) is 0 Å². The zero-order valence-electron chi connectivity index (χ0n) is 8.27. The Balaban J connectivity index is 2.17. The lowest BCUT2D eigenvalue weighted by Gasteiger charge is -2.00. The number of carbonyl (C=O) groups excluding carboxylic acids is 1. The van der Waals surface area contributed by atoms with Crippen molar-refractivity contribution in [3.63, 3.8) is 0 Å². The highest BCUT2D eigenvalue weighted by molar-refractivity contribution is 5.87. The summed E-state index contributed by atoms with van der Waals surface area (Å²) >= 11 is 0. The summed E-state index contributed by atoms with van der Waals surface area (Å²) in [6, 6.07) is 7.50. The van der Waals surface area contributed by atoms with E-state index in [1.54, 1.807) is 19.3 Å². The molecule has 0 saturated carbocycles. The average molecular weight is 202 g/mol. The molecule has 0 aromatic heterocycles. The lowest BCUT2D eigenvalue weighted by atomic mass is 10.2. The first-order valence-electron chi connectivity index (χ1n) is 4.53. The minimum Gasteiger partial charge on any atom is -0.497 e. The number of carbonyl (C=O) groups is 1. The predicted octanol–water partition coefficient (Wildman–Crippen LogP) is 2.15. The molecule has 1 aromatic carbocycles. The molecule has 0 fully saturated rings. The Morgan fingerprint density at radius 3 is 2.47 bits per heavy atom. The molecule has 0 saturated heterocycles. The molecule has 3 nitrogen and oxygen atoms in total. The maximum Gasteiger partial charge on any atom is 0.336 e. The highest BCUT2D eigenvalue weighted by Gasteiger charge is 2.08. The van der Waals surface area contributed by atoms with E-state index in [0.29, 0.717) is 5.76 Å². The van der Waals surface area contributed by atoms with Crippen LogP contribution in [0.15, 0.2) is 42.2 Å². The second kappa shape index (κ2) is 4.00. The Labute approximate surface area is 87.6 Å². The summed E-state index contributed by atoms with van der Waals surface area (Å²) in [5.74, 6) is 1.04. The molecule has 2 rings (SSSR count). The maximum absolute atomic E-state index is 10.8. The van der Waals surface area contributed by atoms with Crippen LogP contribution in [0.25, 0.3) is 6.08 Å². The first-order chi connectivity index (χ1) is 7.28. The van der Waals surface area contributed by atoms with E-state index in [9.17, 15) is 4.79 Å². The molecule has 0 spiro atoms. The van der Waals surface area contributed by atoms with Gasteiger partial charge in [0, 0.05) is 6.08 Å². The molecular formula is C12H10O3. The summed E-state index contributed by atoms with van der Waals surface area (Å²) in [7, 11) is 1.62. The Morgan fingerprint density at radius 1 is 1.20 bits per heavy atom. The van der Waals surface area contributed by atoms with E-state index >= 15 is 0 Å². The van der Waals surface area contributed by atoms with Gasteiger partial charge in [0.05, 0.1) is 7.11 Å². The molecule has 0 N–H and O–H groups in total. The Morgan fingerprint density at radius 2 is 1.93 bits per heavy atom. The predicted molar refractivity (Wildman–Crippen MR) is 56.2 cm³/mol. The molecular weight excluding hydrogens is 192 g/mol. The van der Waals surface area contributed by atoms with Crippen molar-refractivity contribution in [3.8, 4) is 5.75 Å². The molecule has 1 aromatic rings. The zero-order chi connectivity index (χ0) is 10.7. The second-order valence-corrected chi connectivity index (χ2v) is 3.07. The van der Waals surface area contributed by atoms with Crippen molar-refractivity contribution in [2.75, 3.05) is 7.11 Å². The Hall–Kier alpha value is -2.03. The van der Waals surface area contributed by atoms with Gasteiger partial charge in [-0.1, -0.05) is 12.1 Å². The van der Waals surface area contributed by atoms with Gasteiger partial charge in [0.1, 0.15) is 11.5 Å². The van der Waals surface area contributed by atoms with E-state index in [0.717, 1.165) is 11.3 Å². The third kappa shape index (κ3) is 2.26. The van der Waals surface area contributed by atoms with Crippen LogP contribution in [0.2, 0.25) is 0 Å². The fraction of sp³-hybridized carbons (Fsp3) is 0.0833. The number of benzene rings is 1. The molecule has 1 aliphatic heterocycles. The molecule has 0 atom stereocenters. The minimum absolute atomic E-state index is 0.324. The zero-order valence-corrected chi connectivity index (χ0v) is 8.27. The first kappa shape index (κ1) is 9.52. The van der Waals surface area contributed by atoms with Crippen LogP contribution < -0.4 is 4.74 Å². The van der Waals surface area contributed by atoms with Gasteiger partial charge in [-0.05, 0) is 29.8 Å². The van der Waals surface area contributed by atoms with Crippen molar-refractivity contribution in [3.05, 3.63) is 47.7 Å². The summed E-state index contributed by atoms with van der Waals surface area (Å²) in [5.41, 5.74) is 0.963. The first-order valence-corrected chi connectivity index (χ1v) is 4.53. The van der Waals surface area contributed by atoms with E-state index in [4.69, 9.17) is 9.47 Å². The number of hydrogen-bond acceptors (Lipinski definition) is 3. The van der Waals surface area contributed by atoms with Crippen LogP contribution >= 0.6 is 0 Å². The van der Waals surface area contributed by atoms with Crippen molar-refractivity contribution < 1.29 is 14.3 Å².